The Balaban J connectivity index is 1.88. The van der Waals surface area contributed by atoms with Gasteiger partial charge in [-0.1, -0.05) is 53.6 Å². The standard InChI is InChI=1S/C18H19ClN2O/c1-13-5-7-14(8-6-13)11-17(21-18-20-9-10-22-18)15-3-2-4-16(19)12-15/h2-8,12,17H,9-11H2,1H3,(H,20,21). The molecule has 4 heteroatoms. The number of hydrogen-bond donors (Lipinski definition) is 1. The van der Waals surface area contributed by atoms with Crippen LogP contribution in [0, 0.1) is 6.92 Å². The van der Waals surface area contributed by atoms with Crippen molar-refractivity contribution in [2.24, 2.45) is 4.99 Å². The van der Waals surface area contributed by atoms with E-state index in [1.807, 2.05) is 18.2 Å². The SMILES string of the molecule is Cc1ccc(CC(/N=C2\NCCO2)c2cccc(Cl)c2)cc1. The molecule has 0 spiro atoms. The van der Waals surface area contributed by atoms with Crippen LogP contribution in [0.5, 0.6) is 0 Å². The summed E-state index contributed by atoms with van der Waals surface area (Å²) in [6, 6.07) is 17.0. The van der Waals surface area contributed by atoms with Gasteiger partial charge in [-0.2, -0.15) is 0 Å². The molecule has 0 aromatic heterocycles. The summed E-state index contributed by atoms with van der Waals surface area (Å²) in [4.78, 5) is 4.73. The second kappa shape index (κ2) is 6.84. The van der Waals surface area contributed by atoms with Gasteiger partial charge in [-0.3, -0.25) is 0 Å². The molecule has 0 saturated carbocycles. The fourth-order valence-corrected chi connectivity index (χ4v) is 2.68. The summed E-state index contributed by atoms with van der Waals surface area (Å²) in [7, 11) is 0. The number of halogens is 1. The van der Waals surface area contributed by atoms with Crippen LogP contribution in [0.15, 0.2) is 53.5 Å². The largest absolute Gasteiger partial charge is 0.463 e. The van der Waals surface area contributed by atoms with Crippen LogP contribution in [0.3, 0.4) is 0 Å². The van der Waals surface area contributed by atoms with E-state index in [-0.39, 0.29) is 6.04 Å². The van der Waals surface area contributed by atoms with Crippen LogP contribution in [0.25, 0.3) is 0 Å². The van der Waals surface area contributed by atoms with Crippen molar-refractivity contribution in [2.45, 2.75) is 19.4 Å². The first-order valence-corrected chi connectivity index (χ1v) is 7.84. The second-order valence-electron chi connectivity index (χ2n) is 5.47. The van der Waals surface area contributed by atoms with Crippen molar-refractivity contribution < 1.29 is 4.74 Å². The summed E-state index contributed by atoms with van der Waals surface area (Å²) in [6.07, 6.45) is 0.815. The molecule has 0 radical (unpaired) electrons. The Kier molecular flexibility index (Phi) is 4.64. The Morgan fingerprint density at radius 3 is 2.73 bits per heavy atom. The number of rotatable bonds is 4. The lowest BCUT2D eigenvalue weighted by molar-refractivity contribution is 0.348. The van der Waals surface area contributed by atoms with Crippen LogP contribution < -0.4 is 5.32 Å². The monoisotopic (exact) mass is 314 g/mol. The molecule has 1 saturated heterocycles. The zero-order valence-corrected chi connectivity index (χ0v) is 13.3. The molecule has 1 aliphatic rings. The van der Waals surface area contributed by atoms with Crippen LogP contribution in [-0.2, 0) is 11.2 Å². The van der Waals surface area contributed by atoms with Gasteiger partial charge < -0.3 is 10.1 Å². The first-order chi connectivity index (χ1) is 10.7. The Labute approximate surface area is 136 Å². The van der Waals surface area contributed by atoms with Gasteiger partial charge in [-0.15, -0.1) is 0 Å². The predicted octanol–water partition coefficient (Wildman–Crippen LogP) is 3.91. The normalized spacial score (nSPS) is 17.1. The molecular weight excluding hydrogens is 296 g/mol. The van der Waals surface area contributed by atoms with E-state index < -0.39 is 0 Å². The maximum atomic E-state index is 6.13. The number of aliphatic imine (C=N–C) groups is 1. The topological polar surface area (TPSA) is 33.6 Å². The minimum absolute atomic E-state index is 0.0120. The van der Waals surface area contributed by atoms with E-state index >= 15 is 0 Å². The summed E-state index contributed by atoms with van der Waals surface area (Å²) in [5.41, 5.74) is 3.60. The second-order valence-corrected chi connectivity index (χ2v) is 5.91. The smallest absolute Gasteiger partial charge is 0.285 e. The average Bonchev–Trinajstić information content (AvgIpc) is 3.02. The van der Waals surface area contributed by atoms with Crippen LogP contribution in [0.1, 0.15) is 22.7 Å². The molecular formula is C18H19ClN2O. The molecule has 1 heterocycles. The number of nitrogens with zero attached hydrogens (tertiary/aromatic N) is 1. The highest BCUT2D eigenvalue weighted by molar-refractivity contribution is 6.30. The Morgan fingerprint density at radius 2 is 2.05 bits per heavy atom. The van der Waals surface area contributed by atoms with E-state index in [4.69, 9.17) is 21.3 Å². The molecule has 2 aromatic carbocycles. The van der Waals surface area contributed by atoms with Crippen LogP contribution >= 0.6 is 11.6 Å². The maximum Gasteiger partial charge on any atom is 0.285 e. The highest BCUT2D eigenvalue weighted by Crippen LogP contribution is 2.25. The van der Waals surface area contributed by atoms with Crippen molar-refractivity contribution >= 4 is 17.6 Å². The molecule has 1 aliphatic heterocycles. The van der Waals surface area contributed by atoms with E-state index in [2.05, 4.69) is 42.6 Å². The van der Waals surface area contributed by atoms with Gasteiger partial charge in [-0.05, 0) is 36.6 Å². The third-order valence-corrected chi connectivity index (χ3v) is 3.91. The van der Waals surface area contributed by atoms with Crippen LogP contribution in [-0.4, -0.2) is 19.2 Å². The average molecular weight is 315 g/mol. The van der Waals surface area contributed by atoms with E-state index in [9.17, 15) is 0 Å². The minimum Gasteiger partial charge on any atom is -0.463 e. The Hall–Kier alpha value is -2.00. The van der Waals surface area contributed by atoms with Gasteiger partial charge in [0.15, 0.2) is 0 Å². The molecule has 1 atom stereocenters. The highest BCUT2D eigenvalue weighted by Gasteiger charge is 2.16. The van der Waals surface area contributed by atoms with Crippen molar-refractivity contribution in [3.8, 4) is 0 Å². The van der Waals surface area contributed by atoms with Crippen molar-refractivity contribution in [3.63, 3.8) is 0 Å². The lowest BCUT2D eigenvalue weighted by Gasteiger charge is -2.14. The van der Waals surface area contributed by atoms with Gasteiger partial charge in [0, 0.05) is 5.02 Å². The molecule has 0 bridgehead atoms. The molecule has 1 fully saturated rings. The van der Waals surface area contributed by atoms with Crippen molar-refractivity contribution in [1.82, 2.24) is 5.32 Å². The third kappa shape index (κ3) is 3.80. The van der Waals surface area contributed by atoms with Gasteiger partial charge in [0.25, 0.3) is 6.02 Å². The summed E-state index contributed by atoms with van der Waals surface area (Å²) in [6.45, 7) is 3.58. The number of nitrogens with one attached hydrogen (secondary N) is 1. The molecule has 3 nitrogen and oxygen atoms in total. The number of ether oxygens (including phenoxy) is 1. The third-order valence-electron chi connectivity index (χ3n) is 3.67. The zero-order chi connectivity index (χ0) is 15.4. The molecule has 0 amide bonds. The Morgan fingerprint density at radius 1 is 1.23 bits per heavy atom. The van der Waals surface area contributed by atoms with E-state index in [1.54, 1.807) is 0 Å². The molecule has 114 valence electrons. The van der Waals surface area contributed by atoms with Crippen LogP contribution in [0.2, 0.25) is 5.02 Å². The summed E-state index contributed by atoms with van der Waals surface area (Å²) >= 11 is 6.13. The number of hydrogen-bond acceptors (Lipinski definition) is 2. The zero-order valence-electron chi connectivity index (χ0n) is 12.6. The van der Waals surface area contributed by atoms with Gasteiger partial charge in [-0.25, -0.2) is 4.99 Å². The van der Waals surface area contributed by atoms with Gasteiger partial charge >= 0.3 is 0 Å². The predicted molar refractivity (Wildman–Crippen MR) is 90.5 cm³/mol. The number of amidine groups is 1. The number of aryl methyl sites for hydroxylation is 1. The molecule has 3 rings (SSSR count). The lowest BCUT2D eigenvalue weighted by atomic mass is 9.99. The summed E-state index contributed by atoms with van der Waals surface area (Å²) in [5, 5.41) is 3.89. The molecule has 0 aliphatic carbocycles. The molecule has 22 heavy (non-hydrogen) atoms. The summed E-state index contributed by atoms with van der Waals surface area (Å²) in [5.74, 6) is 0. The van der Waals surface area contributed by atoms with E-state index in [0.29, 0.717) is 12.6 Å². The first kappa shape index (κ1) is 14.9. The van der Waals surface area contributed by atoms with Crippen LogP contribution in [0.4, 0.5) is 0 Å². The van der Waals surface area contributed by atoms with Crippen molar-refractivity contribution in [3.05, 3.63) is 70.2 Å². The van der Waals surface area contributed by atoms with Crippen molar-refractivity contribution in [1.29, 1.82) is 0 Å². The lowest BCUT2D eigenvalue weighted by Crippen LogP contribution is -2.17. The fourth-order valence-electron chi connectivity index (χ4n) is 2.48. The molecule has 2 aromatic rings. The minimum atomic E-state index is -0.0120. The van der Waals surface area contributed by atoms with Gasteiger partial charge in [0.05, 0.1) is 12.6 Å². The Bertz CT molecular complexity index is 659. The fraction of sp³-hybridized carbons (Fsp3) is 0.278. The summed E-state index contributed by atoms with van der Waals surface area (Å²) < 4.78 is 5.50. The molecule has 1 N–H and O–H groups in total. The highest BCUT2D eigenvalue weighted by atomic mass is 35.5. The van der Waals surface area contributed by atoms with Crippen molar-refractivity contribution in [2.75, 3.05) is 13.2 Å². The maximum absolute atomic E-state index is 6.13. The molecule has 1 unspecified atom stereocenters. The number of benzene rings is 2. The van der Waals surface area contributed by atoms with E-state index in [0.717, 1.165) is 23.6 Å². The van der Waals surface area contributed by atoms with E-state index in [1.165, 1.54) is 11.1 Å². The quantitative estimate of drug-likeness (QED) is 0.928. The first-order valence-electron chi connectivity index (χ1n) is 7.46. The van der Waals surface area contributed by atoms with Gasteiger partial charge in [0.2, 0.25) is 0 Å². The van der Waals surface area contributed by atoms with Gasteiger partial charge in [0.1, 0.15) is 6.61 Å².